The largest absolute Gasteiger partial charge is 0.383 e. The van der Waals surface area contributed by atoms with E-state index in [-0.39, 0.29) is 5.54 Å². The van der Waals surface area contributed by atoms with Gasteiger partial charge in [0.05, 0.1) is 12.7 Å². The molecule has 0 saturated carbocycles. The molecular weight excluding hydrogens is 238 g/mol. The number of rotatable bonds is 11. The molecule has 1 N–H and O–H groups in total. The average molecular weight is 269 g/mol. The number of nitriles is 1. The molecule has 4 heteroatoms. The van der Waals surface area contributed by atoms with Crippen LogP contribution in [0.2, 0.25) is 0 Å². The molecule has 4 nitrogen and oxygen atoms in total. The van der Waals surface area contributed by atoms with Crippen molar-refractivity contribution in [3.63, 3.8) is 0 Å². The summed E-state index contributed by atoms with van der Waals surface area (Å²) in [7, 11) is 1.75. The first-order valence-corrected chi connectivity index (χ1v) is 7.42. The van der Waals surface area contributed by atoms with E-state index in [9.17, 15) is 5.26 Å². The maximum absolute atomic E-state index is 9.19. The summed E-state index contributed by atoms with van der Waals surface area (Å²) >= 11 is 0. The van der Waals surface area contributed by atoms with Crippen LogP contribution in [0.3, 0.4) is 0 Å². The molecule has 112 valence electrons. The molecule has 19 heavy (non-hydrogen) atoms. The highest BCUT2D eigenvalue weighted by molar-refractivity contribution is 5.03. The number of hydrogen-bond donors (Lipinski definition) is 1. The van der Waals surface area contributed by atoms with Gasteiger partial charge in [0, 0.05) is 13.2 Å². The van der Waals surface area contributed by atoms with Crippen LogP contribution in [0.25, 0.3) is 0 Å². The van der Waals surface area contributed by atoms with Gasteiger partial charge in [-0.25, -0.2) is 0 Å². The van der Waals surface area contributed by atoms with Crippen LogP contribution in [0.1, 0.15) is 47.0 Å². The van der Waals surface area contributed by atoms with E-state index < -0.39 is 0 Å². The summed E-state index contributed by atoms with van der Waals surface area (Å²) in [5, 5.41) is 12.4. The van der Waals surface area contributed by atoms with Crippen molar-refractivity contribution in [2.45, 2.75) is 58.5 Å². The van der Waals surface area contributed by atoms with E-state index in [0.717, 1.165) is 45.5 Å². The Hall–Kier alpha value is -0.630. The standard InChI is InChI=1S/C15H31N3O/c1-6-17-15(4,13-16)10-8-9-11-18(7-2)14(3)12-19-5/h14,17H,6-12H2,1-5H3. The van der Waals surface area contributed by atoms with Crippen LogP contribution in [0, 0.1) is 11.3 Å². The molecule has 0 saturated heterocycles. The summed E-state index contributed by atoms with van der Waals surface area (Å²) in [6.45, 7) is 12.2. The molecule has 2 unspecified atom stereocenters. The van der Waals surface area contributed by atoms with Crippen molar-refractivity contribution in [3.05, 3.63) is 0 Å². The van der Waals surface area contributed by atoms with Crippen molar-refractivity contribution in [1.82, 2.24) is 10.2 Å². The molecule has 0 bridgehead atoms. The van der Waals surface area contributed by atoms with Crippen LogP contribution in [0.15, 0.2) is 0 Å². The van der Waals surface area contributed by atoms with Gasteiger partial charge in [0.2, 0.25) is 0 Å². The molecule has 0 rings (SSSR count). The summed E-state index contributed by atoms with van der Waals surface area (Å²) in [5.41, 5.74) is -0.371. The molecule has 0 aromatic carbocycles. The van der Waals surface area contributed by atoms with E-state index in [1.54, 1.807) is 7.11 Å². The third-order valence-electron chi connectivity index (χ3n) is 3.62. The minimum atomic E-state index is -0.371. The lowest BCUT2D eigenvalue weighted by molar-refractivity contribution is 0.101. The van der Waals surface area contributed by atoms with Gasteiger partial charge in [0.1, 0.15) is 5.54 Å². The third kappa shape index (κ3) is 7.51. The fourth-order valence-corrected chi connectivity index (χ4v) is 2.40. The predicted octanol–water partition coefficient (Wildman–Crippen LogP) is 2.41. The van der Waals surface area contributed by atoms with Crippen molar-refractivity contribution in [2.24, 2.45) is 0 Å². The quantitative estimate of drug-likeness (QED) is 0.585. The van der Waals surface area contributed by atoms with Crippen LogP contribution in [-0.4, -0.2) is 49.8 Å². The van der Waals surface area contributed by atoms with E-state index in [1.807, 2.05) is 13.8 Å². The van der Waals surface area contributed by atoms with Crippen molar-refractivity contribution in [3.8, 4) is 6.07 Å². The van der Waals surface area contributed by atoms with E-state index in [1.165, 1.54) is 0 Å². The Labute approximate surface area is 119 Å². The topological polar surface area (TPSA) is 48.3 Å². The first-order chi connectivity index (χ1) is 9.02. The maximum atomic E-state index is 9.19. The molecule has 0 radical (unpaired) electrons. The number of nitrogens with zero attached hydrogens (tertiary/aromatic N) is 2. The highest BCUT2D eigenvalue weighted by Crippen LogP contribution is 2.13. The van der Waals surface area contributed by atoms with Gasteiger partial charge in [0.25, 0.3) is 0 Å². The highest BCUT2D eigenvalue weighted by Gasteiger charge is 2.21. The number of nitrogens with one attached hydrogen (secondary N) is 1. The molecule has 0 aliphatic heterocycles. The zero-order chi connectivity index (χ0) is 14.7. The summed E-state index contributed by atoms with van der Waals surface area (Å²) < 4.78 is 5.20. The van der Waals surface area contributed by atoms with Crippen molar-refractivity contribution < 1.29 is 4.74 Å². The molecule has 0 fully saturated rings. The summed E-state index contributed by atoms with van der Waals surface area (Å²) in [6.07, 6.45) is 3.12. The van der Waals surface area contributed by atoms with E-state index in [0.29, 0.717) is 6.04 Å². The van der Waals surface area contributed by atoms with E-state index in [2.05, 4.69) is 30.1 Å². The smallest absolute Gasteiger partial charge is 0.103 e. The maximum Gasteiger partial charge on any atom is 0.103 e. The predicted molar refractivity (Wildman–Crippen MR) is 80.1 cm³/mol. The molecule has 0 aromatic rings. The van der Waals surface area contributed by atoms with Gasteiger partial charge in [-0.2, -0.15) is 5.26 Å². The van der Waals surface area contributed by atoms with Gasteiger partial charge in [-0.05, 0) is 52.7 Å². The van der Waals surface area contributed by atoms with Crippen molar-refractivity contribution >= 4 is 0 Å². The number of unbranched alkanes of at least 4 members (excludes halogenated alkanes) is 1. The molecule has 0 aliphatic rings. The lowest BCUT2D eigenvalue weighted by Gasteiger charge is -2.28. The minimum Gasteiger partial charge on any atom is -0.383 e. The summed E-state index contributed by atoms with van der Waals surface area (Å²) in [5.74, 6) is 0. The molecule has 0 spiro atoms. The second-order valence-electron chi connectivity index (χ2n) is 5.36. The Morgan fingerprint density at radius 3 is 2.53 bits per heavy atom. The van der Waals surface area contributed by atoms with Gasteiger partial charge >= 0.3 is 0 Å². The number of likely N-dealkylation sites (N-methyl/N-ethyl adjacent to an activating group) is 1. The first kappa shape index (κ1) is 18.4. The Morgan fingerprint density at radius 2 is 2.05 bits per heavy atom. The fraction of sp³-hybridized carbons (Fsp3) is 0.933. The number of ether oxygens (including phenoxy) is 1. The summed E-state index contributed by atoms with van der Waals surface area (Å²) in [4.78, 5) is 2.43. The van der Waals surface area contributed by atoms with Gasteiger partial charge in [0.15, 0.2) is 0 Å². The summed E-state index contributed by atoms with van der Waals surface area (Å²) in [6, 6.07) is 2.84. The Balaban J connectivity index is 3.98. The van der Waals surface area contributed by atoms with Crippen LogP contribution in [-0.2, 0) is 4.74 Å². The van der Waals surface area contributed by atoms with Crippen LogP contribution >= 0.6 is 0 Å². The second-order valence-corrected chi connectivity index (χ2v) is 5.36. The highest BCUT2D eigenvalue weighted by atomic mass is 16.5. The Kier molecular flexibility index (Phi) is 9.85. The molecular formula is C15H31N3O. The second kappa shape index (κ2) is 10.2. The molecule has 0 amide bonds. The van der Waals surface area contributed by atoms with Gasteiger partial charge in [-0.15, -0.1) is 0 Å². The molecule has 0 aliphatic carbocycles. The Bertz CT molecular complexity index is 265. The number of hydrogen-bond acceptors (Lipinski definition) is 4. The van der Waals surface area contributed by atoms with Crippen LogP contribution in [0.4, 0.5) is 0 Å². The van der Waals surface area contributed by atoms with E-state index in [4.69, 9.17) is 4.74 Å². The Morgan fingerprint density at radius 1 is 1.37 bits per heavy atom. The average Bonchev–Trinajstić information content (AvgIpc) is 2.39. The SMILES string of the molecule is CCNC(C)(C#N)CCCCN(CC)C(C)COC. The fourth-order valence-electron chi connectivity index (χ4n) is 2.40. The first-order valence-electron chi connectivity index (χ1n) is 7.42. The zero-order valence-electron chi connectivity index (χ0n) is 13.3. The lowest BCUT2D eigenvalue weighted by atomic mass is 9.96. The molecule has 2 atom stereocenters. The lowest BCUT2D eigenvalue weighted by Crippen LogP contribution is -2.41. The van der Waals surface area contributed by atoms with Crippen LogP contribution < -0.4 is 5.32 Å². The van der Waals surface area contributed by atoms with Crippen molar-refractivity contribution in [2.75, 3.05) is 33.4 Å². The van der Waals surface area contributed by atoms with Gasteiger partial charge < -0.3 is 4.74 Å². The van der Waals surface area contributed by atoms with Crippen molar-refractivity contribution in [1.29, 1.82) is 5.26 Å². The normalized spacial score (nSPS) is 16.1. The zero-order valence-corrected chi connectivity index (χ0v) is 13.3. The minimum absolute atomic E-state index is 0.371. The third-order valence-corrected chi connectivity index (χ3v) is 3.62. The molecule has 0 heterocycles. The van der Waals surface area contributed by atoms with Gasteiger partial charge in [-0.1, -0.05) is 13.8 Å². The monoisotopic (exact) mass is 269 g/mol. The van der Waals surface area contributed by atoms with Crippen LogP contribution in [0.5, 0.6) is 0 Å². The van der Waals surface area contributed by atoms with Gasteiger partial charge in [-0.3, -0.25) is 10.2 Å². The van der Waals surface area contributed by atoms with E-state index >= 15 is 0 Å². The number of methoxy groups -OCH3 is 1. The molecule has 0 aromatic heterocycles.